The summed E-state index contributed by atoms with van der Waals surface area (Å²) >= 11 is 24.6. The van der Waals surface area contributed by atoms with Crippen LogP contribution in [0.1, 0.15) is 0 Å². The first kappa shape index (κ1) is 26.5. The molecule has 0 radical (unpaired) electrons. The Labute approximate surface area is 282 Å². The third kappa shape index (κ3) is 3.34. The zero-order valence-electron chi connectivity index (χ0n) is 24.1. The zero-order valence-corrected chi connectivity index (χ0v) is 27.3. The van der Waals surface area contributed by atoms with Crippen LogP contribution in [0, 0.1) is 18.0 Å². The summed E-state index contributed by atoms with van der Waals surface area (Å²) < 4.78 is 8.02. The third-order valence-electron chi connectivity index (χ3n) is 9.56. The number of benzene rings is 6. The topological polar surface area (TPSA) is 8.82 Å². The smallest absolute Gasteiger partial charge is 0.0636 e. The molecule has 10 rings (SSSR count). The third-order valence-corrected chi connectivity index (χ3v) is 11.3. The molecular formula is C40H20N2S4. The predicted molar refractivity (Wildman–Crippen MR) is 205 cm³/mol. The molecule has 0 aliphatic carbocycles. The molecule has 4 aromatic heterocycles. The first-order chi connectivity index (χ1) is 22.5. The van der Waals surface area contributed by atoms with Gasteiger partial charge in [-0.15, -0.1) is 0 Å². The van der Waals surface area contributed by atoms with E-state index < -0.39 is 0 Å². The Kier molecular flexibility index (Phi) is 5.42. The van der Waals surface area contributed by atoms with Crippen molar-refractivity contribution in [3.8, 4) is 11.1 Å². The maximum Gasteiger partial charge on any atom is 0.0636 e. The van der Waals surface area contributed by atoms with Crippen LogP contribution in [-0.4, -0.2) is 8.80 Å². The number of aromatic nitrogens is 2. The SMILES string of the molecule is S=c1c2ccccc2n2c3ccc(-c4cc5c(=S)c6ccccc6n6c7ccccc7c(=S)c(c4)c56)cc3c(=S)c3cccc1c32. The monoisotopic (exact) mass is 656 g/mol. The highest BCUT2D eigenvalue weighted by Gasteiger charge is 2.18. The second-order valence-corrected chi connectivity index (χ2v) is 13.5. The van der Waals surface area contributed by atoms with Crippen molar-refractivity contribution in [3.05, 3.63) is 139 Å². The van der Waals surface area contributed by atoms with Gasteiger partial charge in [0, 0.05) is 43.1 Å². The summed E-state index contributed by atoms with van der Waals surface area (Å²) in [4.78, 5) is 0. The van der Waals surface area contributed by atoms with E-state index >= 15 is 0 Å². The fourth-order valence-corrected chi connectivity index (χ4v) is 8.86. The van der Waals surface area contributed by atoms with E-state index in [0.717, 1.165) is 105 Å². The number of para-hydroxylation sites is 4. The van der Waals surface area contributed by atoms with Crippen LogP contribution in [0.2, 0.25) is 0 Å². The fraction of sp³-hybridized carbons (Fsp3) is 0. The normalized spacial score (nSPS) is 12.3. The minimum Gasteiger partial charge on any atom is -0.308 e. The molecule has 0 saturated carbocycles. The number of hydrogen-bond acceptors (Lipinski definition) is 4. The van der Waals surface area contributed by atoms with E-state index in [4.69, 9.17) is 48.9 Å². The summed E-state index contributed by atoms with van der Waals surface area (Å²) in [6.07, 6.45) is 0. The van der Waals surface area contributed by atoms with Crippen LogP contribution in [-0.2, 0) is 0 Å². The summed E-state index contributed by atoms with van der Waals surface area (Å²) in [6.45, 7) is 0. The van der Waals surface area contributed by atoms with Crippen molar-refractivity contribution in [2.75, 3.05) is 0 Å². The molecule has 0 atom stereocenters. The Hall–Kier alpha value is -4.72. The molecule has 6 aromatic carbocycles. The summed E-state index contributed by atoms with van der Waals surface area (Å²) in [5.41, 5.74) is 8.57. The van der Waals surface area contributed by atoms with E-state index in [9.17, 15) is 0 Å². The Morgan fingerprint density at radius 1 is 0.304 bits per heavy atom. The second kappa shape index (κ2) is 9.41. The highest BCUT2D eigenvalue weighted by Crippen LogP contribution is 2.39. The lowest BCUT2D eigenvalue weighted by Gasteiger charge is -2.18. The number of hydrogen-bond donors (Lipinski definition) is 0. The number of rotatable bonds is 1. The van der Waals surface area contributed by atoms with Gasteiger partial charge in [0.15, 0.2) is 0 Å². The molecule has 2 nitrogen and oxygen atoms in total. The standard InChI is InChI=1S/C40H20N2S4/c43-37-23-8-1-4-13-31(23)42-34-17-16-21(18-28(34)40(46)27-12-7-11-26(37)35(27)42)22-19-29-36-30(20-22)39(45)25-10-3-6-15-33(25)41(36)32-14-5-2-9-24(32)38(29)44/h1-20H. The molecule has 0 aliphatic rings. The van der Waals surface area contributed by atoms with Crippen LogP contribution in [0.25, 0.3) is 87.3 Å². The lowest BCUT2D eigenvalue weighted by molar-refractivity contribution is 1.31. The van der Waals surface area contributed by atoms with Gasteiger partial charge in [0.05, 0.1) is 51.1 Å². The molecule has 0 spiro atoms. The molecule has 0 N–H and O–H groups in total. The summed E-state index contributed by atoms with van der Waals surface area (Å²) in [5, 5.41) is 8.30. The van der Waals surface area contributed by atoms with Crippen LogP contribution in [0.3, 0.4) is 0 Å². The average molecular weight is 657 g/mol. The van der Waals surface area contributed by atoms with Crippen molar-refractivity contribution in [3.63, 3.8) is 0 Å². The van der Waals surface area contributed by atoms with E-state index in [1.54, 1.807) is 0 Å². The van der Waals surface area contributed by atoms with Gasteiger partial charge in [0.1, 0.15) is 0 Å². The molecular weight excluding hydrogens is 637 g/mol. The van der Waals surface area contributed by atoms with Gasteiger partial charge in [0.2, 0.25) is 0 Å². The lowest BCUT2D eigenvalue weighted by Crippen LogP contribution is -1.99. The van der Waals surface area contributed by atoms with E-state index in [1.807, 2.05) is 6.07 Å². The van der Waals surface area contributed by atoms with Crippen molar-refractivity contribution in [2.24, 2.45) is 0 Å². The van der Waals surface area contributed by atoms with Gasteiger partial charge in [-0.25, -0.2) is 0 Å². The van der Waals surface area contributed by atoms with Gasteiger partial charge in [-0.3, -0.25) is 0 Å². The van der Waals surface area contributed by atoms with Gasteiger partial charge < -0.3 is 8.80 Å². The Bertz CT molecular complexity index is 3130. The largest absolute Gasteiger partial charge is 0.308 e. The molecule has 0 amide bonds. The maximum atomic E-state index is 6.22. The van der Waals surface area contributed by atoms with Gasteiger partial charge in [0.25, 0.3) is 0 Å². The Morgan fingerprint density at radius 3 is 1.20 bits per heavy atom. The molecule has 214 valence electrons. The summed E-state index contributed by atoms with van der Waals surface area (Å²) in [5.74, 6) is 0. The fourth-order valence-electron chi connectivity index (χ4n) is 7.54. The van der Waals surface area contributed by atoms with E-state index in [-0.39, 0.29) is 0 Å². The molecule has 0 bridgehead atoms. The highest BCUT2D eigenvalue weighted by atomic mass is 32.1. The van der Waals surface area contributed by atoms with Crippen LogP contribution in [0.5, 0.6) is 0 Å². The van der Waals surface area contributed by atoms with Crippen LogP contribution in [0.4, 0.5) is 0 Å². The van der Waals surface area contributed by atoms with Crippen LogP contribution < -0.4 is 0 Å². The molecule has 0 fully saturated rings. The van der Waals surface area contributed by atoms with E-state index in [2.05, 4.69) is 124 Å². The molecule has 0 saturated heterocycles. The summed E-state index contributed by atoms with van der Waals surface area (Å²) in [7, 11) is 0. The van der Waals surface area contributed by atoms with Crippen molar-refractivity contribution >= 4 is 125 Å². The van der Waals surface area contributed by atoms with E-state index in [0.29, 0.717) is 0 Å². The number of pyridine rings is 4. The van der Waals surface area contributed by atoms with Crippen molar-refractivity contribution < 1.29 is 0 Å². The van der Waals surface area contributed by atoms with E-state index in [1.165, 1.54) is 0 Å². The number of nitrogens with zero attached hydrogens (tertiary/aromatic N) is 2. The van der Waals surface area contributed by atoms with Crippen molar-refractivity contribution in [2.45, 2.75) is 0 Å². The summed E-state index contributed by atoms with van der Waals surface area (Å²) in [6, 6.07) is 42.5. The maximum absolute atomic E-state index is 6.22. The van der Waals surface area contributed by atoms with Crippen molar-refractivity contribution in [1.82, 2.24) is 8.80 Å². The average Bonchev–Trinajstić information content (AvgIpc) is 3.11. The lowest BCUT2D eigenvalue weighted by atomic mass is 9.96. The van der Waals surface area contributed by atoms with Gasteiger partial charge in [-0.1, -0.05) is 128 Å². The minimum atomic E-state index is 0.825. The molecule has 6 heteroatoms. The van der Waals surface area contributed by atoms with Gasteiger partial charge >= 0.3 is 0 Å². The first-order valence-electron chi connectivity index (χ1n) is 15.0. The van der Waals surface area contributed by atoms with Crippen LogP contribution in [0.15, 0.2) is 121 Å². The highest BCUT2D eigenvalue weighted by molar-refractivity contribution is 7.72. The predicted octanol–water partition coefficient (Wildman–Crippen LogP) is 12.6. The Balaban J connectivity index is 1.37. The quantitative estimate of drug-likeness (QED) is 0.0987. The van der Waals surface area contributed by atoms with Gasteiger partial charge in [-0.2, -0.15) is 0 Å². The molecule has 0 aliphatic heterocycles. The van der Waals surface area contributed by atoms with Crippen molar-refractivity contribution in [1.29, 1.82) is 0 Å². The molecule has 0 unspecified atom stereocenters. The Morgan fingerprint density at radius 2 is 0.674 bits per heavy atom. The number of fused-ring (bicyclic) bond motifs is 8. The molecule has 4 heterocycles. The van der Waals surface area contributed by atoms with Gasteiger partial charge in [-0.05, 0) is 53.6 Å². The molecule has 10 aromatic rings. The first-order valence-corrected chi connectivity index (χ1v) is 16.7. The molecule has 46 heavy (non-hydrogen) atoms. The zero-order chi connectivity index (χ0) is 30.8. The van der Waals surface area contributed by atoms with Crippen LogP contribution >= 0.6 is 48.9 Å². The minimum absolute atomic E-state index is 0.825. The second-order valence-electron chi connectivity index (χ2n) is 11.9.